The Labute approximate surface area is 225 Å². The van der Waals surface area contributed by atoms with Crippen molar-refractivity contribution in [3.63, 3.8) is 0 Å². The lowest BCUT2D eigenvalue weighted by Gasteiger charge is -2.33. The van der Waals surface area contributed by atoms with Crippen LogP contribution in [0.2, 0.25) is 0 Å². The van der Waals surface area contributed by atoms with E-state index in [1.54, 1.807) is 12.1 Å². The minimum absolute atomic E-state index is 0.0410. The molecule has 0 aliphatic carbocycles. The largest absolute Gasteiger partial charge is 0.493 e. The standard InChI is InChI=1S/C30H29N3O6/c1-20-27(31-30(39-20)22-5-3-2-4-6-22)16-18-38-28-13-7-21(8-14-29(34)35)26-19-32(17-15-25(26)28)23-9-11-24(12-10-23)33(36)37/h2-7,9-13H,8,14-19H2,1H3,(H,34,35). The van der Waals surface area contributed by atoms with Gasteiger partial charge in [-0.1, -0.05) is 24.3 Å². The first-order chi connectivity index (χ1) is 18.9. The molecule has 0 atom stereocenters. The number of nitro groups is 1. The molecule has 2 heterocycles. The van der Waals surface area contributed by atoms with Crippen LogP contribution >= 0.6 is 0 Å². The Morgan fingerprint density at radius 1 is 1.08 bits per heavy atom. The minimum Gasteiger partial charge on any atom is -0.493 e. The highest BCUT2D eigenvalue weighted by Gasteiger charge is 2.24. The zero-order valence-electron chi connectivity index (χ0n) is 21.6. The number of oxazole rings is 1. The Bertz CT molecular complexity index is 1480. The van der Waals surface area contributed by atoms with Crippen molar-refractivity contribution in [2.24, 2.45) is 0 Å². The Morgan fingerprint density at radius 2 is 1.85 bits per heavy atom. The van der Waals surface area contributed by atoms with Crippen LogP contribution in [0.3, 0.4) is 0 Å². The van der Waals surface area contributed by atoms with Crippen LogP contribution in [0.25, 0.3) is 11.5 Å². The van der Waals surface area contributed by atoms with Gasteiger partial charge in [0.1, 0.15) is 11.5 Å². The molecule has 5 rings (SSSR count). The molecule has 0 spiro atoms. The molecule has 39 heavy (non-hydrogen) atoms. The van der Waals surface area contributed by atoms with E-state index in [0.717, 1.165) is 45.1 Å². The van der Waals surface area contributed by atoms with Gasteiger partial charge >= 0.3 is 5.97 Å². The van der Waals surface area contributed by atoms with E-state index in [1.807, 2.05) is 49.4 Å². The van der Waals surface area contributed by atoms with Gasteiger partial charge in [-0.25, -0.2) is 4.98 Å². The van der Waals surface area contributed by atoms with Crippen molar-refractivity contribution in [1.82, 2.24) is 4.98 Å². The maximum atomic E-state index is 11.3. The number of benzene rings is 3. The van der Waals surface area contributed by atoms with Gasteiger partial charge in [-0.15, -0.1) is 0 Å². The van der Waals surface area contributed by atoms with Crippen LogP contribution in [-0.2, 0) is 30.6 Å². The monoisotopic (exact) mass is 527 g/mol. The Morgan fingerprint density at radius 3 is 2.56 bits per heavy atom. The Hall–Kier alpha value is -4.66. The molecule has 4 aromatic rings. The van der Waals surface area contributed by atoms with E-state index in [1.165, 1.54) is 12.1 Å². The molecule has 0 saturated heterocycles. The lowest BCUT2D eigenvalue weighted by Crippen LogP contribution is -2.31. The maximum Gasteiger partial charge on any atom is 0.303 e. The summed E-state index contributed by atoms with van der Waals surface area (Å²) in [5, 5.41) is 20.3. The third-order valence-electron chi connectivity index (χ3n) is 7.01. The highest BCUT2D eigenvalue weighted by Crippen LogP contribution is 2.34. The summed E-state index contributed by atoms with van der Waals surface area (Å²) in [6.45, 7) is 3.61. The zero-order valence-corrected chi connectivity index (χ0v) is 21.6. The number of non-ortho nitro benzene ring substituents is 1. The lowest BCUT2D eigenvalue weighted by molar-refractivity contribution is -0.384. The first-order valence-corrected chi connectivity index (χ1v) is 12.9. The predicted molar refractivity (Wildman–Crippen MR) is 146 cm³/mol. The molecule has 200 valence electrons. The Kier molecular flexibility index (Phi) is 7.58. The zero-order chi connectivity index (χ0) is 27.4. The molecular weight excluding hydrogens is 498 g/mol. The highest BCUT2D eigenvalue weighted by atomic mass is 16.6. The number of fused-ring (bicyclic) bond motifs is 1. The summed E-state index contributed by atoms with van der Waals surface area (Å²) in [4.78, 5) is 28.7. The molecule has 1 aliphatic rings. The van der Waals surface area contributed by atoms with Crippen molar-refractivity contribution in [1.29, 1.82) is 0 Å². The third kappa shape index (κ3) is 5.93. The van der Waals surface area contributed by atoms with Crippen molar-refractivity contribution in [2.45, 2.75) is 39.2 Å². The number of nitro benzene ring substituents is 1. The van der Waals surface area contributed by atoms with Crippen molar-refractivity contribution in [2.75, 3.05) is 18.1 Å². The van der Waals surface area contributed by atoms with Gasteiger partial charge in [-0.2, -0.15) is 0 Å². The van der Waals surface area contributed by atoms with Gasteiger partial charge < -0.3 is 19.2 Å². The first kappa shape index (κ1) is 26.0. The summed E-state index contributed by atoms with van der Waals surface area (Å²) in [6.07, 6.45) is 1.77. The van der Waals surface area contributed by atoms with Crippen LogP contribution in [-0.4, -0.2) is 34.1 Å². The van der Waals surface area contributed by atoms with Crippen LogP contribution in [0.1, 0.15) is 34.6 Å². The van der Waals surface area contributed by atoms with Crippen molar-refractivity contribution in [3.8, 4) is 17.2 Å². The molecule has 3 aromatic carbocycles. The fraction of sp³-hybridized carbons (Fsp3) is 0.267. The summed E-state index contributed by atoms with van der Waals surface area (Å²) in [6, 6.07) is 20.2. The van der Waals surface area contributed by atoms with Gasteiger partial charge in [-0.3, -0.25) is 14.9 Å². The number of ether oxygens (including phenoxy) is 1. The van der Waals surface area contributed by atoms with Gasteiger partial charge in [0.2, 0.25) is 5.89 Å². The molecule has 0 bridgehead atoms. The number of carbonyl (C=O) groups is 1. The number of carboxylic acids is 1. The van der Waals surface area contributed by atoms with Gasteiger partial charge in [0.05, 0.1) is 17.2 Å². The molecule has 0 fully saturated rings. The summed E-state index contributed by atoms with van der Waals surface area (Å²) in [5.41, 5.74) is 5.83. The molecule has 9 nitrogen and oxygen atoms in total. The maximum absolute atomic E-state index is 11.3. The van der Waals surface area contributed by atoms with Crippen molar-refractivity contribution < 1.29 is 24.0 Å². The molecular formula is C30H29N3O6. The number of aromatic nitrogens is 1. The van der Waals surface area contributed by atoms with Crippen LogP contribution in [0.15, 0.2) is 71.1 Å². The van der Waals surface area contributed by atoms with E-state index >= 15 is 0 Å². The van der Waals surface area contributed by atoms with Gasteiger partial charge in [0.25, 0.3) is 5.69 Å². The SMILES string of the molecule is Cc1oc(-c2ccccc2)nc1CCOc1ccc(CCC(=O)O)c2c1CCN(c1ccc([N+](=O)[O-])cc1)C2. The van der Waals surface area contributed by atoms with E-state index in [4.69, 9.17) is 9.15 Å². The van der Waals surface area contributed by atoms with Gasteiger partial charge in [-0.05, 0) is 61.2 Å². The van der Waals surface area contributed by atoms with Gasteiger partial charge in [0.15, 0.2) is 0 Å². The lowest BCUT2D eigenvalue weighted by atomic mass is 9.91. The minimum atomic E-state index is -0.843. The molecule has 1 aromatic heterocycles. The van der Waals surface area contributed by atoms with E-state index in [9.17, 15) is 20.0 Å². The predicted octanol–water partition coefficient (Wildman–Crippen LogP) is 5.76. The van der Waals surface area contributed by atoms with Crippen LogP contribution in [0.4, 0.5) is 11.4 Å². The van der Waals surface area contributed by atoms with Crippen molar-refractivity contribution >= 4 is 17.3 Å². The number of carboxylic acid groups (broad SMARTS) is 1. The second-order valence-corrected chi connectivity index (χ2v) is 9.51. The highest BCUT2D eigenvalue weighted by molar-refractivity contribution is 5.67. The van der Waals surface area contributed by atoms with Crippen LogP contribution in [0.5, 0.6) is 5.75 Å². The third-order valence-corrected chi connectivity index (χ3v) is 7.01. The number of aryl methyl sites for hydroxylation is 2. The molecule has 1 aliphatic heterocycles. The van der Waals surface area contributed by atoms with Gasteiger partial charge in [0, 0.05) is 54.9 Å². The number of anilines is 1. The summed E-state index contributed by atoms with van der Waals surface area (Å²) < 4.78 is 12.1. The molecule has 0 radical (unpaired) electrons. The summed E-state index contributed by atoms with van der Waals surface area (Å²) >= 11 is 0. The van der Waals surface area contributed by atoms with Crippen LogP contribution in [0, 0.1) is 17.0 Å². The van der Waals surface area contributed by atoms with Crippen LogP contribution < -0.4 is 9.64 Å². The topological polar surface area (TPSA) is 119 Å². The number of aliphatic carboxylic acids is 1. The van der Waals surface area contributed by atoms with E-state index in [2.05, 4.69) is 9.88 Å². The first-order valence-electron chi connectivity index (χ1n) is 12.9. The fourth-order valence-electron chi connectivity index (χ4n) is 4.95. The number of nitrogens with zero attached hydrogens (tertiary/aromatic N) is 3. The molecule has 0 amide bonds. The smallest absolute Gasteiger partial charge is 0.303 e. The quantitative estimate of drug-likeness (QED) is 0.204. The van der Waals surface area contributed by atoms with E-state index in [-0.39, 0.29) is 12.1 Å². The van der Waals surface area contributed by atoms with E-state index in [0.29, 0.717) is 44.8 Å². The normalized spacial score (nSPS) is 12.7. The molecule has 0 unspecified atom stereocenters. The van der Waals surface area contributed by atoms with Crippen molar-refractivity contribution in [3.05, 3.63) is 105 Å². The molecule has 9 heteroatoms. The fourth-order valence-corrected chi connectivity index (χ4v) is 4.95. The molecule has 1 N–H and O–H groups in total. The average molecular weight is 528 g/mol. The number of hydrogen-bond donors (Lipinski definition) is 1. The van der Waals surface area contributed by atoms with E-state index < -0.39 is 10.9 Å². The summed E-state index contributed by atoms with van der Waals surface area (Å²) in [5.74, 6) is 1.30. The second-order valence-electron chi connectivity index (χ2n) is 9.51. The average Bonchev–Trinajstić information content (AvgIpc) is 3.32. The molecule has 0 saturated carbocycles. The summed E-state index contributed by atoms with van der Waals surface area (Å²) in [7, 11) is 0. The number of rotatable bonds is 10. The Balaban J connectivity index is 1.33. The second kappa shape index (κ2) is 11.4. The number of hydrogen-bond acceptors (Lipinski definition) is 7.